The molecule has 2 aliphatic heterocycles. The number of hydrogen-bond donors (Lipinski definition) is 0. The number of carbonyl (C=O) groups is 1. The van der Waals surface area contributed by atoms with Gasteiger partial charge in [0.25, 0.3) is 0 Å². The van der Waals surface area contributed by atoms with Crippen molar-refractivity contribution in [1.29, 1.82) is 0 Å². The van der Waals surface area contributed by atoms with Gasteiger partial charge in [-0.1, -0.05) is 18.2 Å². The quantitative estimate of drug-likeness (QED) is 0.813. The number of fused-ring (bicyclic) bond motifs is 1. The molecule has 114 valence electrons. The summed E-state index contributed by atoms with van der Waals surface area (Å²) in [5.41, 5.74) is 0.752. The number of carbonyl (C=O) groups excluding carboxylic acids is 1. The lowest BCUT2D eigenvalue weighted by atomic mass is 9.90. The fraction of sp³-hybridized carbons (Fsp3) is 0.353. The molecule has 5 heteroatoms. The largest absolute Gasteiger partial charge is 0.482 e. The maximum atomic E-state index is 11.9. The van der Waals surface area contributed by atoms with E-state index in [0.717, 1.165) is 12.2 Å². The maximum Gasteiger partial charge on any atom is 0.409 e. The van der Waals surface area contributed by atoms with Gasteiger partial charge in [0.1, 0.15) is 11.8 Å². The number of methoxy groups -OCH3 is 1. The van der Waals surface area contributed by atoms with Crippen LogP contribution in [0.15, 0.2) is 48.8 Å². The van der Waals surface area contributed by atoms with Crippen molar-refractivity contribution in [2.45, 2.75) is 18.1 Å². The molecule has 1 amide bonds. The SMILES string of the molecule is COC(=O)N1CCC2(C1)Oc1ccccc1C2n1cccc1. The molecule has 2 aromatic rings. The smallest absolute Gasteiger partial charge is 0.409 e. The Hall–Kier alpha value is -2.43. The van der Waals surface area contributed by atoms with E-state index in [2.05, 4.69) is 23.0 Å². The molecule has 2 aliphatic rings. The van der Waals surface area contributed by atoms with Gasteiger partial charge in [-0.15, -0.1) is 0 Å². The third-order valence-corrected chi connectivity index (χ3v) is 4.65. The minimum Gasteiger partial charge on any atom is -0.482 e. The first-order valence-corrected chi connectivity index (χ1v) is 7.47. The Morgan fingerprint density at radius 3 is 2.82 bits per heavy atom. The van der Waals surface area contributed by atoms with Gasteiger partial charge >= 0.3 is 6.09 Å². The molecule has 4 rings (SSSR count). The first kappa shape index (κ1) is 13.2. The molecule has 1 fully saturated rings. The molecule has 3 heterocycles. The highest BCUT2D eigenvalue weighted by Gasteiger charge is 2.54. The molecule has 0 N–H and O–H groups in total. The Morgan fingerprint density at radius 2 is 2.05 bits per heavy atom. The minimum atomic E-state index is -0.420. The standard InChI is InChI=1S/C17H18N2O3/c1-21-16(20)19-11-8-17(12-19)15(18-9-4-5-10-18)13-6-2-3-7-14(13)22-17/h2-7,9-10,15H,8,11-12H2,1H3. The summed E-state index contributed by atoms with van der Waals surface area (Å²) < 4.78 is 13.4. The van der Waals surface area contributed by atoms with Crippen molar-refractivity contribution in [1.82, 2.24) is 9.47 Å². The molecule has 5 nitrogen and oxygen atoms in total. The van der Waals surface area contributed by atoms with Crippen molar-refractivity contribution in [3.63, 3.8) is 0 Å². The van der Waals surface area contributed by atoms with Crippen molar-refractivity contribution in [2.75, 3.05) is 20.2 Å². The average Bonchev–Trinajstić information content (AvgIpc) is 3.25. The van der Waals surface area contributed by atoms with Crippen LogP contribution in [-0.2, 0) is 4.74 Å². The summed E-state index contributed by atoms with van der Waals surface area (Å²) in [4.78, 5) is 13.6. The number of benzene rings is 1. The number of likely N-dealkylation sites (tertiary alicyclic amines) is 1. The molecule has 0 radical (unpaired) electrons. The second-order valence-corrected chi connectivity index (χ2v) is 5.88. The third kappa shape index (κ3) is 1.81. The first-order valence-electron chi connectivity index (χ1n) is 7.47. The van der Waals surface area contributed by atoms with Crippen LogP contribution in [0, 0.1) is 0 Å². The molecule has 1 aromatic heterocycles. The summed E-state index contributed by atoms with van der Waals surface area (Å²) in [6.45, 7) is 1.19. The number of ether oxygens (including phenoxy) is 2. The second kappa shape index (κ2) is 4.80. The highest BCUT2D eigenvalue weighted by Crippen LogP contribution is 2.49. The normalized spacial score (nSPS) is 26.0. The van der Waals surface area contributed by atoms with Crippen LogP contribution in [-0.4, -0.2) is 41.4 Å². The van der Waals surface area contributed by atoms with E-state index >= 15 is 0 Å². The number of rotatable bonds is 1. The van der Waals surface area contributed by atoms with Crippen molar-refractivity contribution < 1.29 is 14.3 Å². The zero-order valence-corrected chi connectivity index (χ0v) is 12.4. The maximum absolute atomic E-state index is 11.9. The highest BCUT2D eigenvalue weighted by atomic mass is 16.5. The van der Waals surface area contributed by atoms with E-state index in [-0.39, 0.29) is 12.1 Å². The molecule has 0 aliphatic carbocycles. The van der Waals surface area contributed by atoms with Gasteiger partial charge in [-0.25, -0.2) is 4.79 Å². The monoisotopic (exact) mass is 298 g/mol. The Balaban J connectivity index is 1.76. The van der Waals surface area contributed by atoms with Crippen LogP contribution >= 0.6 is 0 Å². The van der Waals surface area contributed by atoms with E-state index < -0.39 is 5.60 Å². The van der Waals surface area contributed by atoms with Crippen LogP contribution in [0.25, 0.3) is 0 Å². The van der Waals surface area contributed by atoms with E-state index in [0.29, 0.717) is 13.1 Å². The van der Waals surface area contributed by atoms with Crippen LogP contribution in [0.4, 0.5) is 4.79 Å². The Labute approximate surface area is 129 Å². The number of nitrogens with zero attached hydrogens (tertiary/aromatic N) is 2. The Morgan fingerprint density at radius 1 is 1.27 bits per heavy atom. The van der Waals surface area contributed by atoms with Crippen LogP contribution in [0.5, 0.6) is 5.75 Å². The van der Waals surface area contributed by atoms with Crippen molar-refractivity contribution in [3.8, 4) is 5.75 Å². The molecule has 1 aromatic carbocycles. The molecule has 1 saturated heterocycles. The molecule has 2 unspecified atom stereocenters. The van der Waals surface area contributed by atoms with Crippen molar-refractivity contribution >= 4 is 6.09 Å². The zero-order valence-electron chi connectivity index (χ0n) is 12.4. The summed E-state index contributed by atoms with van der Waals surface area (Å²) in [7, 11) is 1.42. The van der Waals surface area contributed by atoms with Gasteiger partial charge in [0.2, 0.25) is 0 Å². The minimum absolute atomic E-state index is 0.0772. The summed E-state index contributed by atoms with van der Waals surface area (Å²) in [5.74, 6) is 0.910. The van der Waals surface area contributed by atoms with Crippen LogP contribution in [0.1, 0.15) is 18.0 Å². The van der Waals surface area contributed by atoms with E-state index in [1.165, 1.54) is 12.7 Å². The molecule has 0 bridgehead atoms. The van der Waals surface area contributed by atoms with Gasteiger partial charge in [-0.05, 0) is 18.2 Å². The molecule has 2 atom stereocenters. The summed E-state index contributed by atoms with van der Waals surface area (Å²) in [6.07, 6.45) is 4.61. The number of para-hydroxylation sites is 1. The van der Waals surface area contributed by atoms with E-state index in [1.54, 1.807) is 4.90 Å². The van der Waals surface area contributed by atoms with Gasteiger partial charge in [-0.2, -0.15) is 0 Å². The van der Waals surface area contributed by atoms with E-state index in [1.807, 2.05) is 30.3 Å². The summed E-state index contributed by atoms with van der Waals surface area (Å²) in [6, 6.07) is 12.2. The fourth-order valence-electron chi connectivity index (χ4n) is 3.71. The lowest BCUT2D eigenvalue weighted by Gasteiger charge is -2.31. The lowest BCUT2D eigenvalue weighted by Crippen LogP contribution is -2.44. The number of hydrogen-bond acceptors (Lipinski definition) is 3. The molecule has 1 spiro atoms. The van der Waals surface area contributed by atoms with E-state index in [9.17, 15) is 4.79 Å². The second-order valence-electron chi connectivity index (χ2n) is 5.88. The van der Waals surface area contributed by atoms with Crippen molar-refractivity contribution in [2.24, 2.45) is 0 Å². The molecule has 0 saturated carbocycles. The summed E-state index contributed by atoms with van der Waals surface area (Å²) >= 11 is 0. The van der Waals surface area contributed by atoms with Gasteiger partial charge in [0.15, 0.2) is 5.60 Å². The number of aromatic nitrogens is 1. The predicted molar refractivity (Wildman–Crippen MR) is 81.0 cm³/mol. The van der Waals surface area contributed by atoms with Crippen molar-refractivity contribution in [3.05, 3.63) is 54.4 Å². The molecule has 22 heavy (non-hydrogen) atoms. The van der Waals surface area contributed by atoms with Gasteiger partial charge in [-0.3, -0.25) is 0 Å². The third-order valence-electron chi connectivity index (χ3n) is 4.65. The highest BCUT2D eigenvalue weighted by molar-refractivity contribution is 5.68. The fourth-order valence-corrected chi connectivity index (χ4v) is 3.71. The van der Waals surface area contributed by atoms with Crippen LogP contribution in [0.2, 0.25) is 0 Å². The predicted octanol–water partition coefficient (Wildman–Crippen LogP) is 2.68. The number of amides is 1. The van der Waals surface area contributed by atoms with Crippen LogP contribution < -0.4 is 4.74 Å². The Kier molecular flexibility index (Phi) is 2.89. The van der Waals surface area contributed by atoms with Gasteiger partial charge in [0, 0.05) is 30.9 Å². The van der Waals surface area contributed by atoms with Crippen LogP contribution in [0.3, 0.4) is 0 Å². The van der Waals surface area contributed by atoms with E-state index in [4.69, 9.17) is 9.47 Å². The topological polar surface area (TPSA) is 43.7 Å². The van der Waals surface area contributed by atoms with Gasteiger partial charge < -0.3 is 18.9 Å². The lowest BCUT2D eigenvalue weighted by molar-refractivity contribution is 0.0627. The van der Waals surface area contributed by atoms with Gasteiger partial charge in [0.05, 0.1) is 13.7 Å². The molecular formula is C17H18N2O3. The first-order chi connectivity index (χ1) is 10.7. The zero-order chi connectivity index (χ0) is 15.2. The Bertz CT molecular complexity index is 698. The summed E-state index contributed by atoms with van der Waals surface area (Å²) in [5, 5.41) is 0. The average molecular weight is 298 g/mol. The molecular weight excluding hydrogens is 280 g/mol.